The highest BCUT2D eigenvalue weighted by Crippen LogP contribution is 2.25. The van der Waals surface area contributed by atoms with Crippen LogP contribution in [0.1, 0.15) is 29.9 Å². The number of carbonyl (C=O) groups excluding carboxylic acids is 1. The first kappa shape index (κ1) is 14.1. The summed E-state index contributed by atoms with van der Waals surface area (Å²) >= 11 is 12.2. The van der Waals surface area contributed by atoms with E-state index in [1.165, 1.54) is 0 Å². The molecule has 19 heavy (non-hydrogen) atoms. The van der Waals surface area contributed by atoms with Gasteiger partial charge in [0, 0.05) is 5.02 Å². The van der Waals surface area contributed by atoms with Crippen LogP contribution in [-0.2, 0) is 6.42 Å². The molecule has 5 heteroatoms. The van der Waals surface area contributed by atoms with Crippen molar-refractivity contribution < 1.29 is 4.79 Å². The van der Waals surface area contributed by atoms with Crippen molar-refractivity contribution in [2.75, 3.05) is 0 Å². The number of aldehydes is 1. The van der Waals surface area contributed by atoms with E-state index < -0.39 is 0 Å². The minimum atomic E-state index is 0.327. The van der Waals surface area contributed by atoms with Crippen LogP contribution in [0, 0.1) is 5.92 Å². The highest BCUT2D eigenvalue weighted by atomic mass is 35.5. The fourth-order valence-corrected chi connectivity index (χ4v) is 2.36. The van der Waals surface area contributed by atoms with Gasteiger partial charge in [-0.05, 0) is 30.5 Å². The number of carbonyl (C=O) groups is 1. The van der Waals surface area contributed by atoms with E-state index in [4.69, 9.17) is 23.2 Å². The third-order valence-corrected chi connectivity index (χ3v) is 3.31. The van der Waals surface area contributed by atoms with E-state index in [1.54, 1.807) is 16.8 Å². The second-order valence-corrected chi connectivity index (χ2v) is 5.55. The summed E-state index contributed by atoms with van der Waals surface area (Å²) in [6.45, 7) is 4.14. The van der Waals surface area contributed by atoms with Gasteiger partial charge in [0.05, 0.1) is 16.9 Å². The normalized spacial score (nSPS) is 11.0. The number of hydrogen-bond donors (Lipinski definition) is 0. The first-order chi connectivity index (χ1) is 9.02. The van der Waals surface area contributed by atoms with Gasteiger partial charge >= 0.3 is 0 Å². The molecule has 0 aliphatic heterocycles. The van der Waals surface area contributed by atoms with Gasteiger partial charge in [0.2, 0.25) is 0 Å². The minimum Gasteiger partial charge on any atom is -0.298 e. The summed E-state index contributed by atoms with van der Waals surface area (Å²) in [7, 11) is 0. The zero-order valence-electron chi connectivity index (χ0n) is 10.7. The Labute approximate surface area is 122 Å². The van der Waals surface area contributed by atoms with E-state index in [1.807, 2.05) is 12.1 Å². The molecule has 0 saturated carbocycles. The van der Waals surface area contributed by atoms with Crippen LogP contribution in [-0.4, -0.2) is 16.1 Å². The van der Waals surface area contributed by atoms with E-state index in [-0.39, 0.29) is 0 Å². The van der Waals surface area contributed by atoms with Gasteiger partial charge < -0.3 is 0 Å². The Morgan fingerprint density at radius 3 is 2.68 bits per heavy atom. The third-order valence-electron chi connectivity index (χ3n) is 2.71. The monoisotopic (exact) mass is 296 g/mol. The van der Waals surface area contributed by atoms with Crippen molar-refractivity contribution in [2.24, 2.45) is 5.92 Å². The van der Waals surface area contributed by atoms with Gasteiger partial charge in [-0.15, -0.1) is 0 Å². The lowest BCUT2D eigenvalue weighted by Crippen LogP contribution is -2.00. The molecule has 0 unspecified atom stereocenters. The predicted octanol–water partition coefficient (Wildman–Crippen LogP) is 4.19. The molecule has 3 nitrogen and oxygen atoms in total. The van der Waals surface area contributed by atoms with E-state index in [2.05, 4.69) is 18.9 Å². The maximum Gasteiger partial charge on any atom is 0.155 e. The van der Waals surface area contributed by atoms with Crippen molar-refractivity contribution in [3.8, 4) is 5.69 Å². The molecule has 0 saturated heterocycles. The van der Waals surface area contributed by atoms with Crippen molar-refractivity contribution in [1.82, 2.24) is 9.78 Å². The summed E-state index contributed by atoms with van der Waals surface area (Å²) in [4.78, 5) is 11.2. The average molecular weight is 297 g/mol. The SMILES string of the molecule is CC(C)Cc1nn(-c2cccc(Cl)c2)c(Cl)c1C=O. The predicted molar refractivity (Wildman–Crippen MR) is 77.5 cm³/mol. The lowest BCUT2D eigenvalue weighted by Gasteiger charge is -2.03. The van der Waals surface area contributed by atoms with Crippen molar-refractivity contribution in [1.29, 1.82) is 0 Å². The van der Waals surface area contributed by atoms with Gasteiger partial charge in [0.25, 0.3) is 0 Å². The molecule has 0 spiro atoms. The van der Waals surface area contributed by atoms with E-state index in [0.29, 0.717) is 28.1 Å². The molecule has 1 heterocycles. The molecular formula is C14H14Cl2N2O. The van der Waals surface area contributed by atoms with Gasteiger partial charge in [-0.25, -0.2) is 4.68 Å². The molecule has 0 bridgehead atoms. The fraction of sp³-hybridized carbons (Fsp3) is 0.286. The van der Waals surface area contributed by atoms with Crippen molar-refractivity contribution >= 4 is 29.5 Å². The quantitative estimate of drug-likeness (QED) is 0.793. The average Bonchev–Trinajstić information content (AvgIpc) is 2.65. The number of hydrogen-bond acceptors (Lipinski definition) is 2. The minimum absolute atomic E-state index is 0.327. The molecule has 100 valence electrons. The Kier molecular flexibility index (Phi) is 4.27. The van der Waals surface area contributed by atoms with E-state index >= 15 is 0 Å². The molecular weight excluding hydrogens is 283 g/mol. The van der Waals surface area contributed by atoms with Crippen LogP contribution in [0.5, 0.6) is 0 Å². The second kappa shape index (κ2) is 5.76. The topological polar surface area (TPSA) is 34.9 Å². The smallest absolute Gasteiger partial charge is 0.155 e. The van der Waals surface area contributed by atoms with Crippen LogP contribution in [0.15, 0.2) is 24.3 Å². The summed E-state index contributed by atoms with van der Waals surface area (Å²) in [6.07, 6.45) is 1.47. The lowest BCUT2D eigenvalue weighted by molar-refractivity contribution is 0.112. The Bertz CT molecular complexity index is 605. The molecule has 1 aromatic carbocycles. The van der Waals surface area contributed by atoms with Gasteiger partial charge in [-0.3, -0.25) is 4.79 Å². The first-order valence-electron chi connectivity index (χ1n) is 6.01. The zero-order chi connectivity index (χ0) is 14.0. The van der Waals surface area contributed by atoms with Crippen molar-refractivity contribution in [3.05, 3.63) is 45.7 Å². The summed E-state index contributed by atoms with van der Waals surface area (Å²) in [5.41, 5.74) is 1.92. The number of rotatable bonds is 4. The lowest BCUT2D eigenvalue weighted by atomic mass is 10.1. The Morgan fingerprint density at radius 2 is 2.11 bits per heavy atom. The third kappa shape index (κ3) is 2.99. The Hall–Kier alpha value is -1.32. The van der Waals surface area contributed by atoms with Crippen LogP contribution in [0.25, 0.3) is 5.69 Å². The Balaban J connectivity index is 2.52. The summed E-state index contributed by atoms with van der Waals surface area (Å²) in [6, 6.07) is 7.20. The Morgan fingerprint density at radius 1 is 1.37 bits per heavy atom. The summed E-state index contributed by atoms with van der Waals surface area (Å²) in [5.74, 6) is 0.400. The maximum absolute atomic E-state index is 11.2. The van der Waals surface area contributed by atoms with Crippen LogP contribution < -0.4 is 0 Å². The molecule has 0 radical (unpaired) electrons. The van der Waals surface area contributed by atoms with Crippen LogP contribution in [0.3, 0.4) is 0 Å². The van der Waals surface area contributed by atoms with Crippen molar-refractivity contribution in [2.45, 2.75) is 20.3 Å². The maximum atomic E-state index is 11.2. The molecule has 0 aliphatic rings. The highest BCUT2D eigenvalue weighted by Gasteiger charge is 2.17. The van der Waals surface area contributed by atoms with Gasteiger partial charge in [-0.2, -0.15) is 5.10 Å². The van der Waals surface area contributed by atoms with Gasteiger partial charge in [0.1, 0.15) is 5.15 Å². The molecule has 0 aliphatic carbocycles. The molecule has 2 rings (SSSR count). The molecule has 0 atom stereocenters. The largest absolute Gasteiger partial charge is 0.298 e. The molecule has 0 N–H and O–H groups in total. The fourth-order valence-electron chi connectivity index (χ4n) is 1.88. The number of halogens is 2. The first-order valence-corrected chi connectivity index (χ1v) is 6.77. The molecule has 1 aromatic heterocycles. The van der Waals surface area contributed by atoms with Crippen molar-refractivity contribution in [3.63, 3.8) is 0 Å². The number of benzene rings is 1. The van der Waals surface area contributed by atoms with Crippen LogP contribution in [0.4, 0.5) is 0 Å². The molecule has 0 fully saturated rings. The van der Waals surface area contributed by atoms with E-state index in [0.717, 1.165) is 17.7 Å². The number of nitrogens with zero attached hydrogens (tertiary/aromatic N) is 2. The van der Waals surface area contributed by atoms with E-state index in [9.17, 15) is 4.79 Å². The standard InChI is InChI=1S/C14H14Cl2N2O/c1-9(2)6-13-12(8-19)14(16)18(17-13)11-5-3-4-10(15)7-11/h3-5,7-9H,6H2,1-2H3. The van der Waals surface area contributed by atoms with Crippen LogP contribution in [0.2, 0.25) is 10.2 Å². The zero-order valence-corrected chi connectivity index (χ0v) is 12.2. The number of aromatic nitrogens is 2. The van der Waals surface area contributed by atoms with Gasteiger partial charge in [-0.1, -0.05) is 43.1 Å². The summed E-state index contributed by atoms with van der Waals surface area (Å²) in [5, 5.41) is 5.35. The summed E-state index contributed by atoms with van der Waals surface area (Å²) < 4.78 is 1.55. The second-order valence-electron chi connectivity index (χ2n) is 4.76. The van der Waals surface area contributed by atoms with Gasteiger partial charge in [0.15, 0.2) is 6.29 Å². The van der Waals surface area contributed by atoms with Crippen LogP contribution >= 0.6 is 23.2 Å². The molecule has 0 amide bonds. The highest BCUT2D eigenvalue weighted by molar-refractivity contribution is 6.32. The molecule has 2 aromatic rings.